The van der Waals surface area contributed by atoms with Crippen LogP contribution in [0.15, 0.2) is 27.6 Å². The zero-order valence-corrected chi connectivity index (χ0v) is 14.7. The molecule has 0 spiro atoms. The lowest BCUT2D eigenvalue weighted by molar-refractivity contribution is -0.132. The van der Waals surface area contributed by atoms with Crippen LogP contribution in [0.25, 0.3) is 0 Å². The first kappa shape index (κ1) is 16.2. The summed E-state index contributed by atoms with van der Waals surface area (Å²) in [5.74, 6) is -0.518. The number of carboxylic acid groups (broad SMARTS) is 1. The lowest BCUT2D eigenvalue weighted by atomic mass is 9.94. The number of rotatable bonds is 3. The lowest BCUT2D eigenvalue weighted by Crippen LogP contribution is -2.39. The van der Waals surface area contributed by atoms with Crippen molar-refractivity contribution in [3.05, 3.63) is 22.6 Å². The second kappa shape index (κ2) is 6.11. The maximum absolute atomic E-state index is 11.4. The molecule has 7 heteroatoms. The van der Waals surface area contributed by atoms with E-state index in [1.54, 1.807) is 17.8 Å². The molecule has 2 aliphatic heterocycles. The van der Waals surface area contributed by atoms with Crippen molar-refractivity contribution in [2.24, 2.45) is 10.9 Å². The molecule has 1 aliphatic carbocycles. The highest BCUT2D eigenvalue weighted by molar-refractivity contribution is 9.10. The summed E-state index contributed by atoms with van der Waals surface area (Å²) in [4.78, 5) is 19.4. The number of piperidine rings is 1. The zero-order valence-electron chi connectivity index (χ0n) is 12.3. The molecule has 0 saturated carbocycles. The van der Waals surface area contributed by atoms with Gasteiger partial charge in [0.15, 0.2) is 5.50 Å². The number of nitrogens with zero attached hydrogens (tertiary/aromatic N) is 2. The number of thioether (sulfide) groups is 1. The molecule has 0 aromatic rings. The van der Waals surface area contributed by atoms with Gasteiger partial charge in [0.25, 0.3) is 0 Å². The molecule has 2 unspecified atom stereocenters. The molecule has 0 aromatic carbocycles. The van der Waals surface area contributed by atoms with Gasteiger partial charge >= 0.3 is 5.97 Å². The van der Waals surface area contributed by atoms with E-state index < -0.39 is 10.3 Å². The van der Waals surface area contributed by atoms with E-state index in [2.05, 4.69) is 20.8 Å². The van der Waals surface area contributed by atoms with Gasteiger partial charge in [-0.25, -0.2) is 4.79 Å². The standard InChI is InChI=1S/C15H19BrN2O3S/c1-15(16)7-12-11(6-10(15)13(20)21)17-14(22-12)18-4-2-9(8-19)3-5-18/h6-7,9,14,19H,2-5,8H2,1H3,(H,20,21). The Morgan fingerprint density at radius 2 is 2.23 bits per heavy atom. The fourth-order valence-corrected chi connectivity index (χ4v) is 4.94. The van der Waals surface area contributed by atoms with E-state index in [9.17, 15) is 15.0 Å². The van der Waals surface area contributed by atoms with Crippen molar-refractivity contribution < 1.29 is 15.0 Å². The number of aliphatic hydroxyl groups excluding tert-OH is 1. The van der Waals surface area contributed by atoms with Gasteiger partial charge in [-0.1, -0.05) is 27.7 Å². The number of alkyl halides is 1. The third kappa shape index (κ3) is 3.04. The molecule has 2 heterocycles. The second-order valence-electron chi connectivity index (χ2n) is 6.07. The number of hydrogen-bond acceptors (Lipinski definition) is 5. The predicted molar refractivity (Wildman–Crippen MR) is 91.3 cm³/mol. The van der Waals surface area contributed by atoms with Crippen LogP contribution in [0.5, 0.6) is 0 Å². The highest BCUT2D eigenvalue weighted by atomic mass is 79.9. The molecule has 1 saturated heterocycles. The molecule has 2 N–H and O–H groups in total. The molecule has 1 fully saturated rings. The van der Waals surface area contributed by atoms with Gasteiger partial charge in [-0.3, -0.25) is 9.89 Å². The third-order valence-electron chi connectivity index (χ3n) is 4.39. The van der Waals surface area contributed by atoms with E-state index in [1.807, 2.05) is 13.0 Å². The van der Waals surface area contributed by atoms with Gasteiger partial charge in [0.05, 0.1) is 15.6 Å². The summed E-state index contributed by atoms with van der Waals surface area (Å²) in [6, 6.07) is 0. The number of aliphatic hydroxyl groups is 1. The van der Waals surface area contributed by atoms with Gasteiger partial charge in [0, 0.05) is 24.6 Å². The summed E-state index contributed by atoms with van der Waals surface area (Å²) in [5.41, 5.74) is 1.11. The van der Waals surface area contributed by atoms with Gasteiger partial charge in [-0.05, 0) is 37.8 Å². The van der Waals surface area contributed by atoms with Gasteiger partial charge in [0.2, 0.25) is 0 Å². The normalized spacial score (nSPS) is 33.0. The Balaban J connectivity index is 1.77. The molecule has 2 atom stereocenters. The van der Waals surface area contributed by atoms with Crippen molar-refractivity contribution in [3.8, 4) is 0 Å². The van der Waals surface area contributed by atoms with Crippen LogP contribution >= 0.6 is 27.7 Å². The van der Waals surface area contributed by atoms with Gasteiger partial charge in [0.1, 0.15) is 0 Å². The van der Waals surface area contributed by atoms with Crippen LogP contribution < -0.4 is 0 Å². The minimum atomic E-state index is -0.922. The maximum Gasteiger partial charge on any atom is 0.333 e. The summed E-state index contributed by atoms with van der Waals surface area (Å²) >= 11 is 5.17. The lowest BCUT2D eigenvalue weighted by Gasteiger charge is -2.33. The Morgan fingerprint density at radius 1 is 1.55 bits per heavy atom. The first-order valence-corrected chi connectivity index (χ1v) is 9.05. The smallest absolute Gasteiger partial charge is 0.333 e. The SMILES string of the molecule is CC1(Br)C=C2SC(N3CCC(CO)CC3)N=C2C=C1C(=O)O. The molecule has 22 heavy (non-hydrogen) atoms. The predicted octanol–water partition coefficient (Wildman–Crippen LogP) is 2.22. The van der Waals surface area contributed by atoms with Crippen LogP contribution in [-0.4, -0.2) is 56.3 Å². The molecule has 0 aromatic heterocycles. The highest BCUT2D eigenvalue weighted by Crippen LogP contribution is 2.43. The number of halogens is 1. The minimum Gasteiger partial charge on any atom is -0.478 e. The monoisotopic (exact) mass is 386 g/mol. The molecular formula is C15H19BrN2O3S. The van der Waals surface area contributed by atoms with Crippen LogP contribution in [0.2, 0.25) is 0 Å². The summed E-state index contributed by atoms with van der Waals surface area (Å²) in [7, 11) is 0. The molecule has 0 bridgehead atoms. The van der Waals surface area contributed by atoms with Crippen molar-refractivity contribution in [1.82, 2.24) is 4.90 Å². The van der Waals surface area contributed by atoms with E-state index in [0.717, 1.165) is 36.5 Å². The third-order valence-corrected chi connectivity index (χ3v) is 6.25. The topological polar surface area (TPSA) is 73.1 Å². The summed E-state index contributed by atoms with van der Waals surface area (Å²) in [6.07, 6.45) is 5.61. The fraction of sp³-hybridized carbons (Fsp3) is 0.600. The molecule has 3 rings (SSSR count). The largest absolute Gasteiger partial charge is 0.478 e. The summed E-state index contributed by atoms with van der Waals surface area (Å²) in [6.45, 7) is 3.96. The number of carboxylic acids is 1. The summed E-state index contributed by atoms with van der Waals surface area (Å²) in [5, 5.41) is 18.6. The Kier molecular flexibility index (Phi) is 4.51. The average Bonchev–Trinajstić information content (AvgIpc) is 2.87. The van der Waals surface area contributed by atoms with E-state index in [-0.39, 0.29) is 12.1 Å². The van der Waals surface area contributed by atoms with Gasteiger partial charge in [-0.2, -0.15) is 0 Å². The first-order chi connectivity index (χ1) is 10.4. The average molecular weight is 387 g/mol. The van der Waals surface area contributed by atoms with E-state index in [0.29, 0.717) is 11.5 Å². The van der Waals surface area contributed by atoms with Crippen LogP contribution in [0.4, 0.5) is 0 Å². The van der Waals surface area contributed by atoms with Crippen LogP contribution in [-0.2, 0) is 4.79 Å². The number of likely N-dealkylation sites (tertiary alicyclic amines) is 1. The van der Waals surface area contributed by atoms with Crippen molar-refractivity contribution in [2.45, 2.75) is 29.6 Å². The maximum atomic E-state index is 11.4. The molecular weight excluding hydrogens is 368 g/mol. The van der Waals surface area contributed by atoms with Gasteiger partial charge < -0.3 is 10.2 Å². The number of aliphatic carboxylic acids is 1. The Hall–Kier alpha value is -0.630. The fourth-order valence-electron chi connectivity index (χ4n) is 2.98. The highest BCUT2D eigenvalue weighted by Gasteiger charge is 2.38. The van der Waals surface area contributed by atoms with E-state index >= 15 is 0 Å². The number of fused-ring (bicyclic) bond motifs is 1. The molecule has 5 nitrogen and oxygen atoms in total. The van der Waals surface area contributed by atoms with Crippen molar-refractivity contribution in [1.29, 1.82) is 0 Å². The number of allylic oxidation sites excluding steroid dienone is 3. The van der Waals surface area contributed by atoms with Crippen LogP contribution in [0.1, 0.15) is 19.8 Å². The van der Waals surface area contributed by atoms with Crippen LogP contribution in [0, 0.1) is 5.92 Å². The Bertz CT molecular complexity index is 577. The van der Waals surface area contributed by atoms with E-state index in [1.165, 1.54) is 0 Å². The molecule has 0 amide bonds. The zero-order chi connectivity index (χ0) is 15.9. The van der Waals surface area contributed by atoms with Crippen LogP contribution in [0.3, 0.4) is 0 Å². The van der Waals surface area contributed by atoms with Crippen molar-refractivity contribution in [3.63, 3.8) is 0 Å². The number of carbonyl (C=O) groups is 1. The quantitative estimate of drug-likeness (QED) is 0.727. The first-order valence-electron chi connectivity index (χ1n) is 7.37. The number of aliphatic imine (C=N–C) groups is 1. The van der Waals surface area contributed by atoms with Crippen molar-refractivity contribution >= 4 is 39.4 Å². The molecule has 3 aliphatic rings. The van der Waals surface area contributed by atoms with Crippen molar-refractivity contribution in [2.75, 3.05) is 19.7 Å². The van der Waals surface area contributed by atoms with E-state index in [4.69, 9.17) is 4.99 Å². The Labute approximate surface area is 142 Å². The number of hydrogen-bond donors (Lipinski definition) is 2. The Morgan fingerprint density at radius 3 is 2.82 bits per heavy atom. The summed E-state index contributed by atoms with van der Waals surface area (Å²) < 4.78 is -0.654. The van der Waals surface area contributed by atoms with Gasteiger partial charge in [-0.15, -0.1) is 0 Å². The molecule has 0 radical (unpaired) electrons. The minimum absolute atomic E-state index is 0.0218. The second-order valence-corrected chi connectivity index (χ2v) is 8.81. The molecule has 120 valence electrons.